The molecule has 0 aliphatic carbocycles. The molecule has 112 valence electrons. The summed E-state index contributed by atoms with van der Waals surface area (Å²) in [5.41, 5.74) is 6.03. The summed E-state index contributed by atoms with van der Waals surface area (Å²) in [6.07, 6.45) is 1.14. The van der Waals surface area contributed by atoms with Crippen molar-refractivity contribution >= 4 is 5.91 Å². The number of aliphatic hydroxyl groups is 1. The molecule has 4 heteroatoms. The summed E-state index contributed by atoms with van der Waals surface area (Å²) in [6, 6.07) is 9.08. The van der Waals surface area contributed by atoms with Gasteiger partial charge < -0.3 is 16.2 Å². The highest BCUT2D eigenvalue weighted by molar-refractivity contribution is 5.81. The lowest BCUT2D eigenvalue weighted by atomic mass is 9.94. The largest absolute Gasteiger partial charge is 0.388 e. The maximum atomic E-state index is 11.9. The topological polar surface area (TPSA) is 75.3 Å². The maximum absolute atomic E-state index is 11.9. The zero-order valence-electron chi connectivity index (χ0n) is 12.6. The number of hydrogen-bond donors (Lipinski definition) is 3. The van der Waals surface area contributed by atoms with Crippen LogP contribution < -0.4 is 11.1 Å². The number of nitrogens with two attached hydrogens (primary N) is 1. The minimum absolute atomic E-state index is 0.224. The third-order valence-corrected chi connectivity index (χ3v) is 3.13. The first-order chi connectivity index (χ1) is 9.30. The molecule has 2 atom stereocenters. The molecule has 1 aromatic carbocycles. The van der Waals surface area contributed by atoms with Crippen molar-refractivity contribution in [3.8, 4) is 0 Å². The van der Waals surface area contributed by atoms with Gasteiger partial charge in [-0.3, -0.25) is 4.79 Å². The zero-order valence-corrected chi connectivity index (χ0v) is 12.6. The van der Waals surface area contributed by atoms with E-state index in [-0.39, 0.29) is 12.5 Å². The van der Waals surface area contributed by atoms with Crippen molar-refractivity contribution in [2.45, 2.75) is 45.3 Å². The molecular weight excluding hydrogens is 252 g/mol. The molecule has 1 aromatic rings. The van der Waals surface area contributed by atoms with Crippen molar-refractivity contribution in [3.63, 3.8) is 0 Å². The van der Waals surface area contributed by atoms with Gasteiger partial charge in [-0.25, -0.2) is 0 Å². The number of amides is 1. The fraction of sp³-hybridized carbons (Fsp3) is 0.562. The highest BCUT2D eigenvalue weighted by Gasteiger charge is 2.24. The van der Waals surface area contributed by atoms with Gasteiger partial charge in [0.2, 0.25) is 5.91 Å². The van der Waals surface area contributed by atoms with Crippen LogP contribution in [0.25, 0.3) is 0 Å². The molecule has 0 spiro atoms. The summed E-state index contributed by atoms with van der Waals surface area (Å²) in [5.74, 6) is 0.151. The van der Waals surface area contributed by atoms with E-state index in [0.29, 0.717) is 18.8 Å². The van der Waals surface area contributed by atoms with Crippen LogP contribution in [0.5, 0.6) is 0 Å². The second-order valence-electron chi connectivity index (χ2n) is 6.11. The van der Waals surface area contributed by atoms with Gasteiger partial charge in [0, 0.05) is 6.54 Å². The van der Waals surface area contributed by atoms with Gasteiger partial charge in [0.25, 0.3) is 0 Å². The molecule has 20 heavy (non-hydrogen) atoms. The fourth-order valence-electron chi connectivity index (χ4n) is 2.32. The summed E-state index contributed by atoms with van der Waals surface area (Å²) >= 11 is 0. The summed E-state index contributed by atoms with van der Waals surface area (Å²) < 4.78 is 0. The van der Waals surface area contributed by atoms with Crippen LogP contribution >= 0.6 is 0 Å². The standard InChI is InChI=1S/C16H26N2O2/c1-12(2)10-16(3,20)11-18-15(19)14(17)9-13-7-5-4-6-8-13/h4-8,12,14,20H,9-11,17H2,1-3H3,(H,18,19)/t14-,16?/m0/s1. The Labute approximate surface area is 121 Å². The van der Waals surface area contributed by atoms with E-state index < -0.39 is 11.6 Å². The Morgan fingerprint density at radius 3 is 2.50 bits per heavy atom. The number of nitrogens with one attached hydrogen (secondary N) is 1. The van der Waals surface area contributed by atoms with Crippen LogP contribution in [-0.4, -0.2) is 29.2 Å². The van der Waals surface area contributed by atoms with Crippen molar-refractivity contribution in [3.05, 3.63) is 35.9 Å². The van der Waals surface area contributed by atoms with Crippen LogP contribution in [0.3, 0.4) is 0 Å². The Morgan fingerprint density at radius 1 is 1.35 bits per heavy atom. The molecule has 0 fully saturated rings. The maximum Gasteiger partial charge on any atom is 0.237 e. The quantitative estimate of drug-likeness (QED) is 0.707. The second kappa shape index (κ2) is 7.41. The van der Waals surface area contributed by atoms with Crippen molar-refractivity contribution in [2.24, 2.45) is 11.7 Å². The SMILES string of the molecule is CC(C)CC(C)(O)CNC(=O)[C@@H](N)Cc1ccccc1. The molecule has 0 aromatic heterocycles. The molecule has 1 unspecified atom stereocenters. The molecule has 0 bridgehead atoms. The van der Waals surface area contributed by atoms with Crippen molar-refractivity contribution in [1.29, 1.82) is 0 Å². The van der Waals surface area contributed by atoms with Crippen LogP contribution in [0, 0.1) is 5.92 Å². The number of hydrogen-bond acceptors (Lipinski definition) is 3. The van der Waals surface area contributed by atoms with Crippen LogP contribution in [-0.2, 0) is 11.2 Å². The Kier molecular flexibility index (Phi) is 6.17. The Balaban J connectivity index is 2.42. The molecule has 0 aliphatic heterocycles. The number of carbonyl (C=O) groups is 1. The van der Waals surface area contributed by atoms with E-state index in [1.54, 1.807) is 6.92 Å². The zero-order chi connectivity index (χ0) is 15.2. The van der Waals surface area contributed by atoms with Crippen molar-refractivity contribution in [2.75, 3.05) is 6.54 Å². The van der Waals surface area contributed by atoms with E-state index >= 15 is 0 Å². The van der Waals surface area contributed by atoms with Gasteiger partial charge in [0.15, 0.2) is 0 Å². The van der Waals surface area contributed by atoms with E-state index in [1.807, 2.05) is 44.2 Å². The molecule has 4 nitrogen and oxygen atoms in total. The molecule has 1 amide bonds. The summed E-state index contributed by atoms with van der Waals surface area (Å²) in [7, 11) is 0. The van der Waals surface area contributed by atoms with Gasteiger partial charge in [-0.2, -0.15) is 0 Å². The minimum Gasteiger partial charge on any atom is -0.388 e. The minimum atomic E-state index is -0.893. The number of benzene rings is 1. The lowest BCUT2D eigenvalue weighted by molar-refractivity contribution is -0.123. The fourth-order valence-corrected chi connectivity index (χ4v) is 2.32. The van der Waals surface area contributed by atoms with Crippen LogP contribution in [0.4, 0.5) is 0 Å². The first-order valence-electron chi connectivity index (χ1n) is 7.10. The summed E-state index contributed by atoms with van der Waals surface area (Å²) in [4.78, 5) is 11.9. The number of rotatable bonds is 7. The Hall–Kier alpha value is -1.39. The highest BCUT2D eigenvalue weighted by Crippen LogP contribution is 2.15. The predicted octanol–water partition coefficient (Wildman–Crippen LogP) is 1.47. The highest BCUT2D eigenvalue weighted by atomic mass is 16.3. The molecule has 0 saturated carbocycles. The Morgan fingerprint density at radius 2 is 1.95 bits per heavy atom. The van der Waals surface area contributed by atoms with Gasteiger partial charge in [-0.1, -0.05) is 44.2 Å². The van der Waals surface area contributed by atoms with Crippen LogP contribution in [0.2, 0.25) is 0 Å². The number of carbonyl (C=O) groups excluding carboxylic acids is 1. The van der Waals surface area contributed by atoms with E-state index in [9.17, 15) is 9.90 Å². The summed E-state index contributed by atoms with van der Waals surface area (Å²) in [6.45, 7) is 6.04. The van der Waals surface area contributed by atoms with Gasteiger partial charge in [-0.05, 0) is 31.2 Å². The van der Waals surface area contributed by atoms with Gasteiger partial charge in [0.1, 0.15) is 0 Å². The molecule has 0 radical (unpaired) electrons. The molecule has 1 rings (SSSR count). The predicted molar refractivity (Wildman–Crippen MR) is 81.2 cm³/mol. The third kappa shape index (κ3) is 6.17. The van der Waals surface area contributed by atoms with Crippen LogP contribution in [0.1, 0.15) is 32.8 Å². The molecule has 0 aliphatic rings. The van der Waals surface area contributed by atoms with Gasteiger partial charge >= 0.3 is 0 Å². The average Bonchev–Trinajstić information content (AvgIpc) is 2.35. The van der Waals surface area contributed by atoms with Crippen molar-refractivity contribution in [1.82, 2.24) is 5.32 Å². The lowest BCUT2D eigenvalue weighted by Gasteiger charge is -2.26. The van der Waals surface area contributed by atoms with E-state index in [4.69, 9.17) is 5.73 Å². The van der Waals surface area contributed by atoms with E-state index in [0.717, 1.165) is 5.56 Å². The molecule has 0 saturated heterocycles. The smallest absolute Gasteiger partial charge is 0.237 e. The van der Waals surface area contributed by atoms with Gasteiger partial charge in [-0.15, -0.1) is 0 Å². The monoisotopic (exact) mass is 278 g/mol. The lowest BCUT2D eigenvalue weighted by Crippen LogP contribution is -2.48. The Bertz CT molecular complexity index is 416. The first-order valence-corrected chi connectivity index (χ1v) is 7.10. The van der Waals surface area contributed by atoms with E-state index in [1.165, 1.54) is 0 Å². The van der Waals surface area contributed by atoms with Crippen LogP contribution in [0.15, 0.2) is 30.3 Å². The van der Waals surface area contributed by atoms with Crippen molar-refractivity contribution < 1.29 is 9.90 Å². The third-order valence-electron chi connectivity index (χ3n) is 3.13. The van der Waals surface area contributed by atoms with Gasteiger partial charge in [0.05, 0.1) is 11.6 Å². The molecular formula is C16H26N2O2. The second-order valence-corrected chi connectivity index (χ2v) is 6.11. The molecule has 4 N–H and O–H groups in total. The summed E-state index contributed by atoms with van der Waals surface area (Å²) in [5, 5.41) is 12.9. The van der Waals surface area contributed by atoms with E-state index in [2.05, 4.69) is 5.32 Å². The normalized spacial score (nSPS) is 15.7. The first kappa shape index (κ1) is 16.7. The average molecular weight is 278 g/mol. The molecule has 0 heterocycles.